The van der Waals surface area contributed by atoms with Gasteiger partial charge in [-0.05, 0) is 48.9 Å². The summed E-state index contributed by atoms with van der Waals surface area (Å²) in [5.41, 5.74) is 1.03. The molecule has 1 heterocycles. The van der Waals surface area contributed by atoms with Crippen LogP contribution in [0.4, 0.5) is 9.59 Å². The Kier molecular flexibility index (Phi) is 5.38. The molecular weight excluding hydrogens is 374 g/mol. The summed E-state index contributed by atoms with van der Waals surface area (Å²) >= 11 is 5.85. The van der Waals surface area contributed by atoms with Gasteiger partial charge in [-0.3, -0.25) is 10.5 Å². The molecule has 8 nitrogen and oxygen atoms in total. The van der Waals surface area contributed by atoms with E-state index in [1.807, 2.05) is 12.1 Å². The number of benzene rings is 2. The van der Waals surface area contributed by atoms with Gasteiger partial charge in [0.1, 0.15) is 11.5 Å². The van der Waals surface area contributed by atoms with Crippen LogP contribution in [0.15, 0.2) is 48.5 Å². The number of hydrogen-bond acceptors (Lipinski definition) is 5. The molecule has 1 aliphatic rings. The van der Waals surface area contributed by atoms with Gasteiger partial charge in [-0.15, -0.1) is 0 Å². The molecule has 142 valence electrons. The van der Waals surface area contributed by atoms with Gasteiger partial charge < -0.3 is 14.4 Å². The fraction of sp³-hybridized carbons (Fsp3) is 0.222. The molecule has 1 aliphatic heterocycles. The summed E-state index contributed by atoms with van der Waals surface area (Å²) in [4.78, 5) is 24.8. The van der Waals surface area contributed by atoms with E-state index in [9.17, 15) is 9.59 Å². The van der Waals surface area contributed by atoms with Crippen molar-refractivity contribution in [2.24, 2.45) is 0 Å². The van der Waals surface area contributed by atoms with E-state index in [0.29, 0.717) is 23.1 Å². The number of ether oxygens (including phenoxy) is 2. The summed E-state index contributed by atoms with van der Waals surface area (Å²) in [5, 5.41) is 11.8. The smallest absolute Gasteiger partial charge is 0.433 e. The predicted octanol–water partition coefficient (Wildman–Crippen LogP) is 3.49. The van der Waals surface area contributed by atoms with Gasteiger partial charge in [0.05, 0.1) is 6.54 Å². The third-order valence-electron chi connectivity index (χ3n) is 3.91. The van der Waals surface area contributed by atoms with Crippen molar-refractivity contribution >= 4 is 23.7 Å². The van der Waals surface area contributed by atoms with Gasteiger partial charge in [0.15, 0.2) is 0 Å². The number of amides is 3. The zero-order valence-electron chi connectivity index (χ0n) is 14.4. The lowest BCUT2D eigenvalue weighted by atomic mass is 10.2. The lowest BCUT2D eigenvalue weighted by Crippen LogP contribution is -2.46. The molecule has 1 atom stereocenters. The maximum absolute atomic E-state index is 12.1. The Bertz CT molecular complexity index is 828. The van der Waals surface area contributed by atoms with E-state index in [1.165, 1.54) is 10.4 Å². The topological polar surface area (TPSA) is 100 Å². The molecule has 2 aromatic carbocycles. The summed E-state index contributed by atoms with van der Waals surface area (Å²) in [7, 11) is 0. The first-order valence-corrected chi connectivity index (χ1v) is 8.47. The van der Waals surface area contributed by atoms with E-state index in [2.05, 4.69) is 5.32 Å². The first-order chi connectivity index (χ1) is 12.9. The number of halogens is 1. The largest absolute Gasteiger partial charge is 0.457 e. The molecule has 0 aromatic heterocycles. The number of rotatable bonds is 5. The average Bonchev–Trinajstić information content (AvgIpc) is 2.91. The zero-order valence-corrected chi connectivity index (χ0v) is 15.2. The molecule has 1 saturated heterocycles. The highest BCUT2D eigenvalue weighted by molar-refractivity contribution is 6.30. The highest BCUT2D eigenvalue weighted by Crippen LogP contribution is 2.24. The van der Waals surface area contributed by atoms with Gasteiger partial charge >= 0.3 is 12.1 Å². The van der Waals surface area contributed by atoms with Crippen molar-refractivity contribution in [3.05, 3.63) is 59.1 Å². The lowest BCUT2D eigenvalue weighted by Gasteiger charge is -2.23. The summed E-state index contributed by atoms with van der Waals surface area (Å²) in [6.45, 7) is 2.01. The summed E-state index contributed by atoms with van der Waals surface area (Å²) in [6, 6.07) is 13.9. The third kappa shape index (κ3) is 4.81. The van der Waals surface area contributed by atoms with Crippen LogP contribution >= 0.6 is 11.6 Å². The minimum Gasteiger partial charge on any atom is -0.457 e. The number of carbonyl (C=O) groups excluding carboxylic acids is 2. The normalized spacial score (nSPS) is 18.8. The monoisotopic (exact) mass is 391 g/mol. The van der Waals surface area contributed by atoms with E-state index in [0.717, 1.165) is 5.56 Å². The Hall–Kier alpha value is -2.97. The van der Waals surface area contributed by atoms with Gasteiger partial charge in [0, 0.05) is 11.6 Å². The molecule has 3 amide bonds. The Labute approximate surface area is 160 Å². The van der Waals surface area contributed by atoms with E-state index >= 15 is 0 Å². The van der Waals surface area contributed by atoms with Crippen molar-refractivity contribution in [1.29, 1.82) is 0 Å². The number of nitrogens with zero attached hydrogens (tertiary/aromatic N) is 1. The standard InChI is InChI=1S/C18H18ClN3O5/c1-18(27-17(24)21-25)11-22(16(23)20-18)10-12-2-6-14(7-3-12)26-15-8-4-13(19)5-9-15/h2-9,25H,10-11H2,1H3,(H,20,23)(H,21,24)/t18-/m1/s1. The molecule has 0 spiro atoms. The Balaban J connectivity index is 1.60. The van der Waals surface area contributed by atoms with Gasteiger partial charge in [-0.25, -0.2) is 15.1 Å². The van der Waals surface area contributed by atoms with Gasteiger partial charge in [0.25, 0.3) is 0 Å². The van der Waals surface area contributed by atoms with Crippen LogP contribution in [-0.4, -0.2) is 34.5 Å². The van der Waals surface area contributed by atoms with Crippen LogP contribution < -0.4 is 15.5 Å². The average molecular weight is 392 g/mol. The quantitative estimate of drug-likeness (QED) is 0.535. The number of nitrogens with one attached hydrogen (secondary N) is 2. The Morgan fingerprint density at radius 3 is 2.41 bits per heavy atom. The van der Waals surface area contributed by atoms with E-state index in [4.69, 9.17) is 26.3 Å². The van der Waals surface area contributed by atoms with Crippen molar-refractivity contribution in [3.63, 3.8) is 0 Å². The van der Waals surface area contributed by atoms with Crippen LogP contribution in [0.1, 0.15) is 12.5 Å². The van der Waals surface area contributed by atoms with Gasteiger partial charge in [0.2, 0.25) is 5.72 Å². The van der Waals surface area contributed by atoms with Crippen LogP contribution in [0.5, 0.6) is 11.5 Å². The second kappa shape index (κ2) is 7.73. The first kappa shape index (κ1) is 18.8. The molecule has 0 bridgehead atoms. The minimum atomic E-state index is -1.22. The third-order valence-corrected chi connectivity index (χ3v) is 4.16. The SMILES string of the molecule is C[C@@]1(OC(=O)NO)CN(Cc2ccc(Oc3ccc(Cl)cc3)cc2)C(=O)N1. The summed E-state index contributed by atoms with van der Waals surface area (Å²) in [6.07, 6.45) is -1.04. The lowest BCUT2D eigenvalue weighted by molar-refractivity contribution is -0.00436. The maximum atomic E-state index is 12.1. The maximum Gasteiger partial charge on any atom is 0.433 e. The number of hydrogen-bond donors (Lipinski definition) is 3. The van der Waals surface area contributed by atoms with Crippen molar-refractivity contribution in [2.45, 2.75) is 19.2 Å². The van der Waals surface area contributed by atoms with Gasteiger partial charge in [-0.2, -0.15) is 0 Å². The molecular formula is C18H18ClN3O5. The fourth-order valence-electron chi connectivity index (χ4n) is 2.72. The molecule has 0 radical (unpaired) electrons. The second-order valence-corrected chi connectivity index (χ2v) is 6.65. The molecule has 3 N–H and O–H groups in total. The van der Waals surface area contributed by atoms with Crippen LogP contribution in [0.25, 0.3) is 0 Å². The summed E-state index contributed by atoms with van der Waals surface area (Å²) in [5.74, 6) is 1.32. The minimum absolute atomic E-state index is 0.141. The predicted molar refractivity (Wildman–Crippen MR) is 96.7 cm³/mol. The van der Waals surface area contributed by atoms with Crippen molar-refractivity contribution in [3.8, 4) is 11.5 Å². The molecule has 2 aromatic rings. The van der Waals surface area contributed by atoms with Crippen LogP contribution in [0.2, 0.25) is 5.02 Å². The molecule has 0 saturated carbocycles. The highest BCUT2D eigenvalue weighted by atomic mass is 35.5. The van der Waals surface area contributed by atoms with Crippen molar-refractivity contribution in [1.82, 2.24) is 15.7 Å². The molecule has 1 fully saturated rings. The van der Waals surface area contributed by atoms with Crippen LogP contribution in [0.3, 0.4) is 0 Å². The van der Waals surface area contributed by atoms with E-state index < -0.39 is 11.8 Å². The number of urea groups is 1. The molecule has 3 rings (SSSR count). The molecule has 9 heteroatoms. The molecule has 0 unspecified atom stereocenters. The Morgan fingerprint density at radius 1 is 1.22 bits per heavy atom. The van der Waals surface area contributed by atoms with E-state index in [-0.39, 0.29) is 12.6 Å². The first-order valence-electron chi connectivity index (χ1n) is 8.09. The van der Waals surface area contributed by atoms with E-state index in [1.54, 1.807) is 43.3 Å². The summed E-state index contributed by atoms with van der Waals surface area (Å²) < 4.78 is 10.7. The van der Waals surface area contributed by atoms with Crippen molar-refractivity contribution < 1.29 is 24.3 Å². The highest BCUT2D eigenvalue weighted by Gasteiger charge is 2.41. The molecule has 27 heavy (non-hydrogen) atoms. The Morgan fingerprint density at radius 2 is 1.81 bits per heavy atom. The second-order valence-electron chi connectivity index (χ2n) is 6.22. The number of carbonyl (C=O) groups is 2. The van der Waals surface area contributed by atoms with Crippen molar-refractivity contribution in [2.75, 3.05) is 6.54 Å². The van der Waals surface area contributed by atoms with Gasteiger partial charge in [-0.1, -0.05) is 23.7 Å². The zero-order chi connectivity index (χ0) is 19.4. The molecule has 0 aliphatic carbocycles. The fourth-order valence-corrected chi connectivity index (χ4v) is 2.84. The van der Waals surface area contributed by atoms with Crippen LogP contribution in [0, 0.1) is 0 Å². The number of hydroxylamine groups is 1. The van der Waals surface area contributed by atoms with Crippen LogP contribution in [-0.2, 0) is 11.3 Å².